The second kappa shape index (κ2) is 10.9. The maximum atomic E-state index is 13.4. The van der Waals surface area contributed by atoms with Gasteiger partial charge in [0.15, 0.2) is 0 Å². The maximum absolute atomic E-state index is 13.4. The van der Waals surface area contributed by atoms with Crippen LogP contribution in [0.2, 0.25) is 0 Å². The minimum Gasteiger partial charge on any atom is -0.492 e. The molecule has 32 heavy (non-hydrogen) atoms. The molecule has 0 spiro atoms. The van der Waals surface area contributed by atoms with Gasteiger partial charge in [-0.1, -0.05) is 30.3 Å². The summed E-state index contributed by atoms with van der Waals surface area (Å²) in [7, 11) is 2.07. The van der Waals surface area contributed by atoms with Crippen molar-refractivity contribution in [2.75, 3.05) is 46.5 Å². The Morgan fingerprint density at radius 2 is 1.81 bits per heavy atom. The van der Waals surface area contributed by atoms with Crippen molar-refractivity contribution in [2.24, 2.45) is 0 Å². The predicted molar refractivity (Wildman–Crippen MR) is 127 cm³/mol. The van der Waals surface area contributed by atoms with Crippen molar-refractivity contribution in [1.29, 1.82) is 0 Å². The van der Waals surface area contributed by atoms with Gasteiger partial charge in [0.05, 0.1) is 19.3 Å². The standard InChI is InChI=1S/C26H35N3O3/c1-20-19-32-24-9-4-8-23(17-24)22-7-3-6-21(16-22)18-28(2)25(10-5-11-27-20)26(30)29-12-14-31-15-13-29/h3-4,6-9,16-17,20,25,27H,5,10-15,18-19H2,1-2H3/t20-,25-/m0/s1. The molecule has 6 heteroatoms. The largest absolute Gasteiger partial charge is 0.492 e. The first-order chi connectivity index (χ1) is 15.6. The number of fused-ring (bicyclic) bond motifs is 5. The first-order valence-electron chi connectivity index (χ1n) is 11.7. The fourth-order valence-electron chi connectivity index (χ4n) is 4.46. The quantitative estimate of drug-likeness (QED) is 0.743. The van der Waals surface area contributed by atoms with E-state index in [9.17, 15) is 4.79 Å². The molecule has 1 amide bonds. The van der Waals surface area contributed by atoms with Gasteiger partial charge in [0.1, 0.15) is 12.4 Å². The Morgan fingerprint density at radius 3 is 2.62 bits per heavy atom. The zero-order valence-electron chi connectivity index (χ0n) is 19.3. The molecule has 0 saturated carbocycles. The summed E-state index contributed by atoms with van der Waals surface area (Å²) in [6.45, 7) is 6.96. The zero-order chi connectivity index (χ0) is 22.3. The highest BCUT2D eigenvalue weighted by Gasteiger charge is 2.28. The Balaban J connectivity index is 1.59. The van der Waals surface area contributed by atoms with Crippen LogP contribution in [0.15, 0.2) is 48.5 Å². The van der Waals surface area contributed by atoms with E-state index in [4.69, 9.17) is 9.47 Å². The highest BCUT2D eigenvalue weighted by Crippen LogP contribution is 2.26. The molecular formula is C26H35N3O3. The number of carbonyl (C=O) groups excluding carboxylic acids is 1. The molecule has 0 aromatic heterocycles. The third-order valence-electron chi connectivity index (χ3n) is 6.31. The number of rotatable bonds is 1. The van der Waals surface area contributed by atoms with Crippen molar-refractivity contribution < 1.29 is 14.3 Å². The number of ether oxygens (including phenoxy) is 2. The normalized spacial score (nSPS) is 23.4. The fourth-order valence-corrected chi connectivity index (χ4v) is 4.46. The first-order valence-corrected chi connectivity index (χ1v) is 11.7. The lowest BCUT2D eigenvalue weighted by Gasteiger charge is -2.34. The van der Waals surface area contributed by atoms with E-state index < -0.39 is 0 Å². The van der Waals surface area contributed by atoms with Crippen LogP contribution in [0, 0.1) is 0 Å². The van der Waals surface area contributed by atoms with Crippen LogP contribution in [0.1, 0.15) is 25.3 Å². The Bertz CT molecular complexity index is 897. The van der Waals surface area contributed by atoms with Gasteiger partial charge in [0.25, 0.3) is 0 Å². The molecule has 0 unspecified atom stereocenters. The molecular weight excluding hydrogens is 402 g/mol. The van der Waals surface area contributed by atoms with E-state index in [2.05, 4.69) is 60.6 Å². The average Bonchev–Trinajstić information content (AvgIpc) is 2.82. The van der Waals surface area contributed by atoms with E-state index in [-0.39, 0.29) is 18.0 Å². The third kappa shape index (κ3) is 5.88. The van der Waals surface area contributed by atoms with Gasteiger partial charge in [-0.15, -0.1) is 0 Å². The molecule has 0 radical (unpaired) electrons. The molecule has 172 valence electrons. The summed E-state index contributed by atoms with van der Waals surface area (Å²) in [4.78, 5) is 17.6. The number of hydrogen-bond donors (Lipinski definition) is 1. The molecule has 2 heterocycles. The minimum atomic E-state index is -0.138. The molecule has 2 aromatic rings. The molecule has 1 saturated heterocycles. The molecule has 1 fully saturated rings. The van der Waals surface area contributed by atoms with Gasteiger partial charge in [0.2, 0.25) is 5.91 Å². The van der Waals surface area contributed by atoms with Crippen molar-refractivity contribution in [3.8, 4) is 16.9 Å². The van der Waals surface area contributed by atoms with Gasteiger partial charge in [-0.3, -0.25) is 9.69 Å². The van der Waals surface area contributed by atoms with E-state index >= 15 is 0 Å². The van der Waals surface area contributed by atoms with Crippen LogP contribution in [-0.4, -0.2) is 74.3 Å². The molecule has 2 atom stereocenters. The monoisotopic (exact) mass is 437 g/mol. The van der Waals surface area contributed by atoms with E-state index in [1.54, 1.807) is 0 Å². The van der Waals surface area contributed by atoms with Crippen molar-refractivity contribution in [2.45, 2.75) is 38.4 Å². The smallest absolute Gasteiger partial charge is 0.240 e. The second-order valence-electron chi connectivity index (χ2n) is 8.91. The van der Waals surface area contributed by atoms with Gasteiger partial charge in [0, 0.05) is 25.7 Å². The molecule has 4 bridgehead atoms. The average molecular weight is 438 g/mol. The molecule has 0 aliphatic carbocycles. The number of carbonyl (C=O) groups is 1. The number of nitrogens with one attached hydrogen (secondary N) is 1. The molecule has 4 rings (SSSR count). The van der Waals surface area contributed by atoms with Crippen LogP contribution in [0.25, 0.3) is 11.1 Å². The lowest BCUT2D eigenvalue weighted by molar-refractivity contribution is -0.141. The highest BCUT2D eigenvalue weighted by molar-refractivity contribution is 5.82. The van der Waals surface area contributed by atoms with Crippen LogP contribution in [0.3, 0.4) is 0 Å². The lowest BCUT2D eigenvalue weighted by atomic mass is 10.0. The van der Waals surface area contributed by atoms with Crippen molar-refractivity contribution in [3.05, 3.63) is 54.1 Å². The van der Waals surface area contributed by atoms with Gasteiger partial charge in [-0.25, -0.2) is 0 Å². The van der Waals surface area contributed by atoms with Gasteiger partial charge in [-0.2, -0.15) is 0 Å². The van der Waals surface area contributed by atoms with Crippen molar-refractivity contribution in [1.82, 2.24) is 15.1 Å². The Morgan fingerprint density at radius 1 is 1.06 bits per heavy atom. The van der Waals surface area contributed by atoms with Crippen LogP contribution in [-0.2, 0) is 16.1 Å². The van der Waals surface area contributed by atoms with Crippen LogP contribution in [0.5, 0.6) is 5.75 Å². The van der Waals surface area contributed by atoms with Crippen LogP contribution in [0.4, 0.5) is 0 Å². The number of likely N-dealkylation sites (N-methyl/N-ethyl adjacent to an activating group) is 1. The number of hydrogen-bond acceptors (Lipinski definition) is 5. The molecule has 6 nitrogen and oxygen atoms in total. The minimum absolute atomic E-state index is 0.138. The van der Waals surface area contributed by atoms with Crippen molar-refractivity contribution in [3.63, 3.8) is 0 Å². The topological polar surface area (TPSA) is 54.0 Å². The summed E-state index contributed by atoms with van der Waals surface area (Å²) >= 11 is 0. The Labute approximate surface area is 191 Å². The predicted octanol–water partition coefficient (Wildman–Crippen LogP) is 3.16. The van der Waals surface area contributed by atoms with E-state index in [1.807, 2.05) is 17.0 Å². The lowest BCUT2D eigenvalue weighted by Crippen LogP contribution is -2.50. The van der Waals surface area contributed by atoms with E-state index in [1.165, 1.54) is 5.56 Å². The SMILES string of the molecule is C[C@H]1COc2cccc(c2)-c2cccc(c2)CN(C)[C@H](C(=O)N2CCOCC2)CCCN1. The number of nitrogens with zero attached hydrogens (tertiary/aromatic N) is 2. The summed E-state index contributed by atoms with van der Waals surface area (Å²) in [6, 6.07) is 17.0. The molecule has 1 N–H and O–H groups in total. The van der Waals surface area contributed by atoms with Gasteiger partial charge < -0.3 is 19.7 Å². The van der Waals surface area contributed by atoms with Crippen molar-refractivity contribution >= 4 is 5.91 Å². The van der Waals surface area contributed by atoms with E-state index in [0.717, 1.165) is 42.8 Å². The molecule has 2 aliphatic rings. The van der Waals surface area contributed by atoms with E-state index in [0.29, 0.717) is 32.9 Å². The summed E-state index contributed by atoms with van der Waals surface area (Å²) in [6.07, 6.45) is 1.76. The number of morpholine rings is 1. The number of benzene rings is 2. The summed E-state index contributed by atoms with van der Waals surface area (Å²) in [5.74, 6) is 1.11. The van der Waals surface area contributed by atoms with Gasteiger partial charge in [-0.05, 0) is 68.2 Å². The Kier molecular flexibility index (Phi) is 7.79. The first kappa shape index (κ1) is 22.8. The molecule has 2 aromatic carbocycles. The summed E-state index contributed by atoms with van der Waals surface area (Å²) in [5, 5.41) is 3.54. The third-order valence-corrected chi connectivity index (χ3v) is 6.31. The van der Waals surface area contributed by atoms with Crippen LogP contribution >= 0.6 is 0 Å². The second-order valence-corrected chi connectivity index (χ2v) is 8.91. The summed E-state index contributed by atoms with van der Waals surface area (Å²) < 4.78 is 11.5. The molecule has 2 aliphatic heterocycles. The van der Waals surface area contributed by atoms with Crippen LogP contribution < -0.4 is 10.1 Å². The number of amides is 1. The highest BCUT2D eigenvalue weighted by atomic mass is 16.5. The fraction of sp³-hybridized carbons (Fsp3) is 0.500. The zero-order valence-corrected chi connectivity index (χ0v) is 19.3. The van der Waals surface area contributed by atoms with Gasteiger partial charge >= 0.3 is 0 Å². The summed E-state index contributed by atoms with van der Waals surface area (Å²) in [5.41, 5.74) is 3.51. The Hall–Kier alpha value is -2.41. The maximum Gasteiger partial charge on any atom is 0.240 e.